The van der Waals surface area contributed by atoms with E-state index in [0.29, 0.717) is 5.88 Å². The van der Waals surface area contributed by atoms with E-state index >= 15 is 0 Å². The van der Waals surface area contributed by atoms with Crippen LogP contribution in [0.15, 0.2) is 58.3 Å². The summed E-state index contributed by atoms with van der Waals surface area (Å²) >= 11 is 5.63. The number of anilines is 1. The van der Waals surface area contributed by atoms with Crippen LogP contribution in [0.1, 0.15) is 12.0 Å². The maximum absolute atomic E-state index is 12.4. The smallest absolute Gasteiger partial charge is 0.261 e. The molecular formula is C15H17ClN2O4S2. The Morgan fingerprint density at radius 3 is 2.21 bits per heavy atom. The highest BCUT2D eigenvalue weighted by molar-refractivity contribution is 7.92. The second-order valence-corrected chi connectivity index (χ2v) is 8.74. The molecule has 0 aliphatic heterocycles. The van der Waals surface area contributed by atoms with Crippen molar-refractivity contribution in [2.45, 2.75) is 22.6 Å². The predicted octanol–water partition coefficient (Wildman–Crippen LogP) is 2.31. The van der Waals surface area contributed by atoms with Gasteiger partial charge in [0.2, 0.25) is 10.0 Å². The molecule has 130 valence electrons. The molecule has 0 saturated carbocycles. The molecule has 0 saturated heterocycles. The van der Waals surface area contributed by atoms with Gasteiger partial charge in [-0.2, -0.15) is 0 Å². The average molecular weight is 389 g/mol. The molecule has 2 aromatic carbocycles. The van der Waals surface area contributed by atoms with Crippen LogP contribution in [0.25, 0.3) is 0 Å². The molecule has 0 aromatic heterocycles. The lowest BCUT2D eigenvalue weighted by molar-refractivity contribution is 0.596. The maximum Gasteiger partial charge on any atom is 0.261 e. The van der Waals surface area contributed by atoms with E-state index in [2.05, 4.69) is 4.72 Å². The molecule has 0 spiro atoms. The van der Waals surface area contributed by atoms with Gasteiger partial charge in [-0.1, -0.05) is 18.2 Å². The average Bonchev–Trinajstić information content (AvgIpc) is 2.52. The van der Waals surface area contributed by atoms with Crippen LogP contribution >= 0.6 is 11.6 Å². The molecule has 0 bridgehead atoms. The highest BCUT2D eigenvalue weighted by Crippen LogP contribution is 2.19. The van der Waals surface area contributed by atoms with Gasteiger partial charge in [0.25, 0.3) is 10.0 Å². The fourth-order valence-corrected chi connectivity index (χ4v) is 3.80. The highest BCUT2D eigenvalue weighted by Gasteiger charge is 2.15. The first-order valence-electron chi connectivity index (χ1n) is 7.03. The largest absolute Gasteiger partial charge is 0.280 e. The Kier molecular flexibility index (Phi) is 5.87. The number of halogens is 1. The van der Waals surface area contributed by atoms with Gasteiger partial charge in [0.05, 0.1) is 15.5 Å². The summed E-state index contributed by atoms with van der Waals surface area (Å²) in [6.07, 6.45) is 1.58. The van der Waals surface area contributed by atoms with Gasteiger partial charge in [0.15, 0.2) is 0 Å². The Morgan fingerprint density at radius 1 is 0.958 bits per heavy atom. The zero-order chi connectivity index (χ0) is 17.8. The van der Waals surface area contributed by atoms with Crippen molar-refractivity contribution in [2.24, 2.45) is 5.14 Å². The third-order valence-electron chi connectivity index (χ3n) is 3.25. The van der Waals surface area contributed by atoms with Crippen LogP contribution in [0, 0.1) is 0 Å². The van der Waals surface area contributed by atoms with E-state index in [-0.39, 0.29) is 15.5 Å². The van der Waals surface area contributed by atoms with Gasteiger partial charge in [-0.3, -0.25) is 4.72 Å². The number of sulfonamides is 2. The Morgan fingerprint density at radius 2 is 1.62 bits per heavy atom. The minimum Gasteiger partial charge on any atom is -0.280 e. The van der Waals surface area contributed by atoms with Crippen LogP contribution in [-0.2, 0) is 26.5 Å². The molecule has 2 rings (SSSR count). The van der Waals surface area contributed by atoms with Crippen molar-refractivity contribution >= 4 is 37.3 Å². The fourth-order valence-electron chi connectivity index (χ4n) is 2.06. The molecule has 24 heavy (non-hydrogen) atoms. The Bertz CT molecular complexity index is 911. The van der Waals surface area contributed by atoms with Gasteiger partial charge in [0, 0.05) is 5.88 Å². The highest BCUT2D eigenvalue weighted by atomic mass is 35.5. The number of aryl methyl sites for hydroxylation is 1. The van der Waals surface area contributed by atoms with Gasteiger partial charge in [-0.25, -0.2) is 22.0 Å². The van der Waals surface area contributed by atoms with Crippen molar-refractivity contribution in [3.8, 4) is 0 Å². The quantitative estimate of drug-likeness (QED) is 0.709. The van der Waals surface area contributed by atoms with E-state index in [1.54, 1.807) is 12.1 Å². The van der Waals surface area contributed by atoms with E-state index in [0.717, 1.165) is 18.4 Å². The molecule has 6 nitrogen and oxygen atoms in total. The van der Waals surface area contributed by atoms with Gasteiger partial charge >= 0.3 is 0 Å². The van der Waals surface area contributed by atoms with Crippen LogP contribution in [-0.4, -0.2) is 22.7 Å². The SMILES string of the molecule is NS(=O)(=O)c1cccc(NS(=O)(=O)c2ccc(CCCCl)cc2)c1. The maximum atomic E-state index is 12.4. The summed E-state index contributed by atoms with van der Waals surface area (Å²) in [5.41, 5.74) is 1.11. The first-order valence-corrected chi connectivity index (χ1v) is 10.6. The van der Waals surface area contributed by atoms with E-state index in [4.69, 9.17) is 16.7 Å². The first-order chi connectivity index (χ1) is 11.2. The van der Waals surface area contributed by atoms with Crippen LogP contribution in [0.3, 0.4) is 0 Å². The van der Waals surface area contributed by atoms with Gasteiger partial charge < -0.3 is 0 Å². The molecule has 0 radical (unpaired) electrons. The van der Waals surface area contributed by atoms with Crippen molar-refractivity contribution < 1.29 is 16.8 Å². The lowest BCUT2D eigenvalue weighted by Gasteiger charge is -2.10. The fraction of sp³-hybridized carbons (Fsp3) is 0.200. The summed E-state index contributed by atoms with van der Waals surface area (Å²) in [4.78, 5) is -0.0859. The van der Waals surface area contributed by atoms with Crippen LogP contribution in [0.5, 0.6) is 0 Å². The molecule has 9 heteroatoms. The lowest BCUT2D eigenvalue weighted by Crippen LogP contribution is -2.15. The van der Waals surface area contributed by atoms with Crippen molar-refractivity contribution in [1.82, 2.24) is 0 Å². The molecule has 0 aliphatic carbocycles. The number of alkyl halides is 1. The summed E-state index contributed by atoms with van der Waals surface area (Å²) in [5, 5.41) is 5.04. The number of nitrogens with one attached hydrogen (secondary N) is 1. The second kappa shape index (κ2) is 7.52. The standard InChI is InChI=1S/C15H17ClN2O4S2/c16-10-2-3-12-6-8-14(9-7-12)24(21,22)18-13-4-1-5-15(11-13)23(17,19)20/h1,4-9,11,18H,2-3,10H2,(H2,17,19,20). The molecule has 0 heterocycles. The first kappa shape index (κ1) is 18.7. The minimum atomic E-state index is -3.91. The third-order valence-corrected chi connectivity index (χ3v) is 5.82. The Labute approximate surface area is 146 Å². The summed E-state index contributed by atoms with van der Waals surface area (Å²) in [6, 6.07) is 11.8. The molecule has 2 aromatic rings. The molecule has 0 amide bonds. The molecular weight excluding hydrogens is 372 g/mol. The van der Waals surface area contributed by atoms with Gasteiger partial charge in [0.1, 0.15) is 0 Å². The summed E-state index contributed by atoms with van der Waals surface area (Å²) in [6.45, 7) is 0. The molecule has 0 atom stereocenters. The number of hydrogen-bond donors (Lipinski definition) is 2. The molecule has 0 unspecified atom stereocenters. The topological polar surface area (TPSA) is 106 Å². The van der Waals surface area contributed by atoms with E-state index in [1.165, 1.54) is 36.4 Å². The van der Waals surface area contributed by atoms with Crippen molar-refractivity contribution in [2.75, 3.05) is 10.6 Å². The van der Waals surface area contributed by atoms with E-state index in [1.807, 2.05) is 0 Å². The Balaban J connectivity index is 2.22. The molecule has 0 aliphatic rings. The lowest BCUT2D eigenvalue weighted by atomic mass is 10.1. The third kappa shape index (κ3) is 4.94. The predicted molar refractivity (Wildman–Crippen MR) is 94.1 cm³/mol. The zero-order valence-electron chi connectivity index (χ0n) is 12.6. The van der Waals surface area contributed by atoms with Gasteiger partial charge in [-0.15, -0.1) is 11.6 Å². The number of benzene rings is 2. The van der Waals surface area contributed by atoms with Crippen LogP contribution < -0.4 is 9.86 Å². The number of hydrogen-bond acceptors (Lipinski definition) is 4. The van der Waals surface area contributed by atoms with Crippen molar-refractivity contribution in [3.63, 3.8) is 0 Å². The number of rotatable bonds is 7. The van der Waals surface area contributed by atoms with Crippen LogP contribution in [0.4, 0.5) is 5.69 Å². The van der Waals surface area contributed by atoms with Gasteiger partial charge in [-0.05, 0) is 48.7 Å². The Hall–Kier alpha value is -1.61. The minimum absolute atomic E-state index is 0.0816. The van der Waals surface area contributed by atoms with Crippen molar-refractivity contribution in [3.05, 3.63) is 54.1 Å². The normalized spacial score (nSPS) is 12.1. The van der Waals surface area contributed by atoms with Crippen LogP contribution in [0.2, 0.25) is 0 Å². The summed E-state index contributed by atoms with van der Waals surface area (Å²) < 4.78 is 49.8. The number of primary sulfonamides is 1. The molecule has 0 fully saturated rings. The van der Waals surface area contributed by atoms with E-state index < -0.39 is 20.0 Å². The van der Waals surface area contributed by atoms with E-state index in [9.17, 15) is 16.8 Å². The second-order valence-electron chi connectivity index (χ2n) is 5.11. The molecule has 3 N–H and O–H groups in total. The summed E-state index contributed by atoms with van der Waals surface area (Å²) in [5.74, 6) is 0.544. The number of nitrogens with two attached hydrogens (primary N) is 1. The summed E-state index contributed by atoms with van der Waals surface area (Å²) in [7, 11) is -7.73. The van der Waals surface area contributed by atoms with Crippen molar-refractivity contribution in [1.29, 1.82) is 0 Å². The monoisotopic (exact) mass is 388 g/mol. The zero-order valence-corrected chi connectivity index (χ0v) is 15.0.